The maximum atomic E-state index is 16.4. The molecule has 6 heterocycles. The molecule has 14 nitrogen and oxygen atoms in total. The van der Waals surface area contributed by atoms with E-state index in [1.807, 2.05) is 6.07 Å². The quantitative estimate of drug-likeness (QED) is 0.198. The molecule has 6 aromatic rings. The number of carbonyl (C=O) groups is 2. The predicted octanol–water partition coefficient (Wildman–Crippen LogP) is 5.00. The van der Waals surface area contributed by atoms with E-state index in [1.54, 1.807) is 56.9 Å². The molecule has 2 saturated heterocycles. The number of imidazole rings is 1. The number of nitrogens with one attached hydrogen (secondary N) is 1. The number of fused-ring (bicyclic) bond motifs is 3. The molecule has 0 radical (unpaired) electrons. The molecule has 2 amide bonds. The van der Waals surface area contributed by atoms with E-state index in [-0.39, 0.29) is 48.7 Å². The minimum atomic E-state index is -3.50. The summed E-state index contributed by atoms with van der Waals surface area (Å²) in [5, 5.41) is 3.35. The van der Waals surface area contributed by atoms with Gasteiger partial charge in [0.2, 0.25) is 11.8 Å². The van der Waals surface area contributed by atoms with Crippen LogP contribution in [0, 0.1) is 5.82 Å². The zero-order valence-corrected chi connectivity index (χ0v) is 34.1. The van der Waals surface area contributed by atoms with Gasteiger partial charge in [0, 0.05) is 93.8 Å². The Kier molecular flexibility index (Phi) is 9.77. The molecule has 1 atom stereocenters. The fraction of sp³-hybridized carbons (Fsp3) is 0.341. The number of benzene rings is 3. The second-order valence-corrected chi connectivity index (χ2v) is 15.9. The molecule has 1 N–H and O–H groups in total. The molecule has 9 rings (SSSR count). The summed E-state index contributed by atoms with van der Waals surface area (Å²) in [7, 11) is 7.75. The summed E-state index contributed by atoms with van der Waals surface area (Å²) in [6.45, 7) is 0.362. The Balaban J connectivity index is 1.05. The number of hydrogen-bond donors (Lipinski definition) is 1. The molecule has 17 heteroatoms. The standard InChI is InChI=1S/C44H42F3N7O7/c1-50-19-29(27-15-38(48-16-28(27)42(50)57)53-17-25(18-53)59-3)24-13-36(60-4)31(37(14-24)61-5)21-52-20-30-32(44(46,47)22-52)11-23(12-33(30)45)26-7-6-8-34-40(26)51(2)43(58)54(34)35-9-10-39(55)49-41(35)56/h6-8,11-16,19,25,35H,9-10,17-18,20-22H2,1-5H3,(H,49,55,56). The number of halogens is 3. The molecule has 3 aliphatic heterocycles. The number of aromatic nitrogens is 4. The van der Waals surface area contributed by atoms with E-state index in [1.165, 1.54) is 52.0 Å². The summed E-state index contributed by atoms with van der Waals surface area (Å²) in [6, 6.07) is 11.8. The summed E-state index contributed by atoms with van der Waals surface area (Å²) in [5.74, 6) is -3.98. The maximum absolute atomic E-state index is 16.4. The van der Waals surface area contributed by atoms with E-state index >= 15 is 13.2 Å². The molecule has 3 aromatic heterocycles. The molecule has 0 saturated carbocycles. The molecule has 3 aliphatic rings. The van der Waals surface area contributed by atoms with Gasteiger partial charge >= 0.3 is 5.69 Å². The maximum Gasteiger partial charge on any atom is 0.329 e. The van der Waals surface area contributed by atoms with Crippen LogP contribution in [0.1, 0.15) is 35.6 Å². The number of imide groups is 1. The number of amides is 2. The lowest BCUT2D eigenvalue weighted by Gasteiger charge is -2.39. The first-order valence-corrected chi connectivity index (χ1v) is 19.7. The van der Waals surface area contributed by atoms with Gasteiger partial charge in [-0.05, 0) is 53.9 Å². The van der Waals surface area contributed by atoms with Crippen molar-refractivity contribution in [3.05, 3.63) is 104 Å². The highest BCUT2D eigenvalue weighted by molar-refractivity contribution is 6.01. The lowest BCUT2D eigenvalue weighted by Crippen LogP contribution is -2.52. The van der Waals surface area contributed by atoms with Gasteiger partial charge < -0.3 is 23.7 Å². The van der Waals surface area contributed by atoms with Crippen LogP contribution in [0.3, 0.4) is 0 Å². The first kappa shape index (κ1) is 40.0. The number of pyridine rings is 2. The first-order chi connectivity index (χ1) is 29.2. The highest BCUT2D eigenvalue weighted by Crippen LogP contribution is 2.44. The van der Waals surface area contributed by atoms with Crippen LogP contribution < -0.4 is 30.9 Å². The second-order valence-electron chi connectivity index (χ2n) is 15.9. The molecule has 316 valence electrons. The number of para-hydroxylation sites is 1. The topological polar surface area (TPSA) is 142 Å². The predicted molar refractivity (Wildman–Crippen MR) is 221 cm³/mol. The van der Waals surface area contributed by atoms with Gasteiger partial charge in [0.05, 0.1) is 48.9 Å². The van der Waals surface area contributed by atoms with Crippen molar-refractivity contribution < 1.29 is 37.0 Å². The van der Waals surface area contributed by atoms with E-state index < -0.39 is 47.4 Å². The monoisotopic (exact) mass is 837 g/mol. The molecule has 0 aliphatic carbocycles. The number of methoxy groups -OCH3 is 3. The smallest absolute Gasteiger partial charge is 0.329 e. The average molecular weight is 838 g/mol. The van der Waals surface area contributed by atoms with Crippen LogP contribution in [0.15, 0.2) is 70.5 Å². The van der Waals surface area contributed by atoms with E-state index in [2.05, 4.69) is 15.2 Å². The van der Waals surface area contributed by atoms with Gasteiger partial charge in [-0.2, -0.15) is 8.78 Å². The third-order valence-electron chi connectivity index (χ3n) is 12.2. The first-order valence-electron chi connectivity index (χ1n) is 19.7. The molecule has 1 unspecified atom stereocenters. The summed E-state index contributed by atoms with van der Waals surface area (Å²) >= 11 is 0. The highest BCUT2D eigenvalue weighted by atomic mass is 19.3. The molecule has 2 fully saturated rings. The second kappa shape index (κ2) is 14.9. The Morgan fingerprint density at radius 2 is 1.64 bits per heavy atom. The molecule has 3 aromatic carbocycles. The van der Waals surface area contributed by atoms with Gasteiger partial charge in [-0.25, -0.2) is 14.2 Å². The SMILES string of the molecule is COc1cc(-c2cn(C)c(=O)c3cnc(N4CC(OC)C4)cc23)cc(OC)c1CN1Cc2c(F)cc(-c3cccc4c3n(C)c(=O)n4C3CCC(=O)NC3=O)cc2C(F)(F)C1. The Labute approximate surface area is 346 Å². The van der Waals surface area contributed by atoms with Crippen molar-refractivity contribution in [1.82, 2.24) is 28.9 Å². The molecule has 61 heavy (non-hydrogen) atoms. The van der Waals surface area contributed by atoms with Gasteiger partial charge in [-0.1, -0.05) is 12.1 Å². The van der Waals surface area contributed by atoms with Crippen molar-refractivity contribution in [2.24, 2.45) is 14.1 Å². The van der Waals surface area contributed by atoms with Crippen LogP contribution in [0.5, 0.6) is 11.5 Å². The third kappa shape index (κ3) is 6.62. The van der Waals surface area contributed by atoms with Crippen molar-refractivity contribution in [2.45, 2.75) is 44.0 Å². The normalized spacial score (nSPS) is 18.0. The Morgan fingerprint density at radius 1 is 0.918 bits per heavy atom. The zero-order valence-electron chi connectivity index (χ0n) is 34.1. The minimum absolute atomic E-state index is 0.0502. The lowest BCUT2D eigenvalue weighted by atomic mass is 9.90. The average Bonchev–Trinajstić information content (AvgIpc) is 3.47. The Bertz CT molecular complexity index is 2910. The summed E-state index contributed by atoms with van der Waals surface area (Å²) < 4.78 is 70.3. The van der Waals surface area contributed by atoms with Crippen LogP contribution in [0.4, 0.5) is 19.0 Å². The van der Waals surface area contributed by atoms with E-state index in [4.69, 9.17) is 14.2 Å². The van der Waals surface area contributed by atoms with Gasteiger partial charge in [0.1, 0.15) is 29.2 Å². The van der Waals surface area contributed by atoms with Gasteiger partial charge in [-0.15, -0.1) is 0 Å². The van der Waals surface area contributed by atoms with Gasteiger partial charge in [-0.3, -0.25) is 33.7 Å². The van der Waals surface area contributed by atoms with Crippen LogP contribution in [0.25, 0.3) is 44.1 Å². The fourth-order valence-electron chi connectivity index (χ4n) is 8.98. The lowest BCUT2D eigenvalue weighted by molar-refractivity contribution is -0.135. The van der Waals surface area contributed by atoms with Gasteiger partial charge in [0.25, 0.3) is 11.5 Å². The van der Waals surface area contributed by atoms with Crippen LogP contribution in [-0.4, -0.2) is 82.5 Å². The number of piperidine rings is 1. The largest absolute Gasteiger partial charge is 0.496 e. The number of rotatable bonds is 9. The van der Waals surface area contributed by atoms with Crippen LogP contribution in [-0.2, 0) is 47.4 Å². The number of anilines is 1. The van der Waals surface area contributed by atoms with Crippen LogP contribution in [0.2, 0.25) is 0 Å². The van der Waals surface area contributed by atoms with Crippen molar-refractivity contribution in [3.8, 4) is 33.8 Å². The Hall–Kier alpha value is -6.46. The van der Waals surface area contributed by atoms with E-state index in [9.17, 15) is 19.2 Å². The fourth-order valence-corrected chi connectivity index (χ4v) is 8.98. The Morgan fingerprint density at radius 3 is 2.33 bits per heavy atom. The summed E-state index contributed by atoms with van der Waals surface area (Å²) in [5.41, 5.74) is 1.59. The number of aryl methyl sites for hydroxylation is 2. The minimum Gasteiger partial charge on any atom is -0.496 e. The molecular weight excluding hydrogens is 796 g/mol. The third-order valence-corrected chi connectivity index (χ3v) is 12.2. The summed E-state index contributed by atoms with van der Waals surface area (Å²) in [4.78, 5) is 59.4. The molecule has 0 spiro atoms. The number of alkyl halides is 2. The van der Waals surface area contributed by atoms with Gasteiger partial charge in [0.15, 0.2) is 0 Å². The van der Waals surface area contributed by atoms with Crippen molar-refractivity contribution >= 4 is 39.4 Å². The summed E-state index contributed by atoms with van der Waals surface area (Å²) in [6.07, 6.45) is 3.56. The van der Waals surface area contributed by atoms with E-state index in [0.717, 1.165) is 0 Å². The van der Waals surface area contributed by atoms with Crippen molar-refractivity contribution in [2.75, 3.05) is 45.9 Å². The highest BCUT2D eigenvalue weighted by Gasteiger charge is 2.43. The number of carbonyl (C=O) groups excluding carboxylic acids is 2. The number of hydrogen-bond acceptors (Lipinski definition) is 10. The van der Waals surface area contributed by atoms with Crippen molar-refractivity contribution in [3.63, 3.8) is 0 Å². The number of nitrogens with zero attached hydrogens (tertiary/aromatic N) is 6. The van der Waals surface area contributed by atoms with E-state index in [0.29, 0.717) is 74.5 Å². The molecule has 0 bridgehead atoms. The van der Waals surface area contributed by atoms with Crippen LogP contribution >= 0.6 is 0 Å². The molecular formula is C44H42F3N7O7. The van der Waals surface area contributed by atoms with Crippen molar-refractivity contribution in [1.29, 1.82) is 0 Å². The zero-order chi connectivity index (χ0) is 43.1. The number of ether oxygens (including phenoxy) is 3.